The Labute approximate surface area is 210 Å². The van der Waals surface area contributed by atoms with Gasteiger partial charge in [0, 0.05) is 44.0 Å². The molecule has 3 rings (SSSR count). The van der Waals surface area contributed by atoms with E-state index in [4.69, 9.17) is 14.2 Å². The summed E-state index contributed by atoms with van der Waals surface area (Å²) in [5.74, 6) is -2.07. The van der Waals surface area contributed by atoms with E-state index in [1.165, 1.54) is 0 Å². The molecule has 35 heavy (non-hydrogen) atoms. The Morgan fingerprint density at radius 1 is 1.17 bits per heavy atom. The molecule has 2 fully saturated rings. The lowest BCUT2D eigenvalue weighted by atomic mass is 9.60. The number of esters is 1. The molecule has 0 aromatic heterocycles. The van der Waals surface area contributed by atoms with Crippen LogP contribution in [-0.4, -0.2) is 56.0 Å². The minimum absolute atomic E-state index is 0.00318. The van der Waals surface area contributed by atoms with Crippen molar-refractivity contribution in [3.63, 3.8) is 0 Å². The summed E-state index contributed by atoms with van der Waals surface area (Å²) in [4.78, 5) is 26.5. The van der Waals surface area contributed by atoms with Gasteiger partial charge in [-0.15, -0.1) is 0 Å². The molecule has 196 valence electrons. The van der Waals surface area contributed by atoms with Gasteiger partial charge in [0.25, 0.3) is 0 Å². The fourth-order valence-electron chi connectivity index (χ4n) is 6.09. The van der Waals surface area contributed by atoms with E-state index < -0.39 is 23.4 Å². The van der Waals surface area contributed by atoms with E-state index in [-0.39, 0.29) is 35.6 Å². The molecule has 4 atom stereocenters. The van der Waals surface area contributed by atoms with Crippen molar-refractivity contribution in [3.05, 3.63) is 34.9 Å². The van der Waals surface area contributed by atoms with Crippen molar-refractivity contribution in [3.8, 4) is 0 Å². The lowest BCUT2D eigenvalue weighted by Crippen LogP contribution is -2.53. The minimum atomic E-state index is -1.47. The van der Waals surface area contributed by atoms with Gasteiger partial charge in [-0.1, -0.05) is 45.9 Å². The van der Waals surface area contributed by atoms with Crippen LogP contribution in [0.25, 0.3) is 0 Å². The summed E-state index contributed by atoms with van der Waals surface area (Å²) in [7, 11) is 1.73. The highest BCUT2D eigenvalue weighted by Gasteiger charge is 2.54. The topological polar surface area (TPSA) is 82.1 Å². The Kier molecular flexibility index (Phi) is 8.50. The molecule has 6 nitrogen and oxygen atoms in total. The summed E-state index contributed by atoms with van der Waals surface area (Å²) in [5, 5.41) is 11.4. The maximum atomic E-state index is 13.3. The van der Waals surface area contributed by atoms with E-state index >= 15 is 0 Å². The van der Waals surface area contributed by atoms with E-state index in [2.05, 4.69) is 39.0 Å². The maximum absolute atomic E-state index is 13.3. The van der Waals surface area contributed by atoms with E-state index in [0.29, 0.717) is 26.2 Å². The van der Waals surface area contributed by atoms with Gasteiger partial charge in [-0.25, -0.2) is 0 Å². The molecule has 6 heteroatoms. The van der Waals surface area contributed by atoms with Crippen LogP contribution in [0.2, 0.25) is 0 Å². The van der Waals surface area contributed by atoms with Crippen LogP contribution < -0.4 is 0 Å². The number of aliphatic hydroxyl groups is 1. The van der Waals surface area contributed by atoms with E-state index in [0.717, 1.165) is 29.5 Å². The third kappa shape index (κ3) is 5.65. The first-order valence-electron chi connectivity index (χ1n) is 13.0. The fourth-order valence-corrected chi connectivity index (χ4v) is 6.09. The number of methoxy groups -OCH3 is 1. The number of benzene rings is 1. The Morgan fingerprint density at radius 3 is 2.37 bits per heavy atom. The number of hydrogen-bond acceptors (Lipinski definition) is 6. The SMILES string of the molecule is CCOC(=O)C1C(c2cc(C(C)(C)C)cc(C3(COC)CCOCC3)c2)C(CC)C(=O)CC1(C)O. The van der Waals surface area contributed by atoms with Gasteiger partial charge in [0.05, 0.1) is 24.7 Å². The highest BCUT2D eigenvalue weighted by molar-refractivity contribution is 5.88. The number of rotatable bonds is 7. The van der Waals surface area contributed by atoms with Gasteiger partial charge < -0.3 is 19.3 Å². The second-order valence-electron chi connectivity index (χ2n) is 11.7. The molecule has 1 saturated carbocycles. The molecular formula is C29H44O6. The van der Waals surface area contributed by atoms with E-state index in [1.54, 1.807) is 21.0 Å². The molecule has 0 spiro atoms. The third-order valence-electron chi connectivity index (χ3n) is 8.08. The number of ether oxygens (including phenoxy) is 3. The quantitative estimate of drug-likeness (QED) is 0.561. The van der Waals surface area contributed by atoms with Crippen LogP contribution in [0.1, 0.15) is 89.8 Å². The van der Waals surface area contributed by atoms with Crippen molar-refractivity contribution in [2.45, 2.75) is 89.6 Å². The zero-order valence-corrected chi connectivity index (χ0v) is 22.6. The van der Waals surface area contributed by atoms with Crippen LogP contribution >= 0.6 is 0 Å². The molecule has 1 aromatic rings. The van der Waals surface area contributed by atoms with Gasteiger partial charge in [0.2, 0.25) is 0 Å². The average Bonchev–Trinajstić information content (AvgIpc) is 2.78. The molecule has 0 amide bonds. The smallest absolute Gasteiger partial charge is 0.312 e. The van der Waals surface area contributed by atoms with Crippen LogP contribution in [0.4, 0.5) is 0 Å². The van der Waals surface area contributed by atoms with Crippen LogP contribution in [0.5, 0.6) is 0 Å². The van der Waals surface area contributed by atoms with Crippen LogP contribution in [0.15, 0.2) is 18.2 Å². The summed E-state index contributed by atoms with van der Waals surface area (Å²) in [6, 6.07) is 6.56. The number of Topliss-reactive ketones (excluding diaryl/α,β-unsaturated/α-hetero) is 1. The van der Waals surface area contributed by atoms with Crippen molar-refractivity contribution < 1.29 is 28.9 Å². The maximum Gasteiger partial charge on any atom is 0.312 e. The third-order valence-corrected chi connectivity index (χ3v) is 8.08. The predicted molar refractivity (Wildman–Crippen MR) is 136 cm³/mol. The predicted octanol–water partition coefficient (Wildman–Crippen LogP) is 4.69. The van der Waals surface area contributed by atoms with Crippen molar-refractivity contribution >= 4 is 11.8 Å². The standard InChI is InChI=1S/C29H44O6/c1-8-22-23(30)17-28(6,32)25(26(31)35-9-2)24(22)19-14-20(27(3,4)5)16-21(15-19)29(18-33-7)10-12-34-13-11-29/h14-16,22,24-25,32H,8-13,17-18H2,1-7H3. The first kappa shape index (κ1) is 27.8. The molecular weight excluding hydrogens is 444 g/mol. The van der Waals surface area contributed by atoms with Gasteiger partial charge in [-0.3, -0.25) is 9.59 Å². The lowest BCUT2D eigenvalue weighted by Gasteiger charge is -2.45. The highest BCUT2D eigenvalue weighted by atomic mass is 16.5. The van der Waals surface area contributed by atoms with Crippen molar-refractivity contribution in [1.82, 2.24) is 0 Å². The summed E-state index contributed by atoms with van der Waals surface area (Å²) in [6.07, 6.45) is 2.24. The normalized spacial score (nSPS) is 29.1. The molecule has 0 radical (unpaired) electrons. The minimum Gasteiger partial charge on any atom is -0.466 e. The molecule has 1 aliphatic carbocycles. The molecule has 0 bridgehead atoms. The molecule has 2 aliphatic rings. The van der Waals surface area contributed by atoms with Gasteiger partial charge in [-0.05, 0) is 55.2 Å². The van der Waals surface area contributed by atoms with E-state index in [1.807, 2.05) is 6.92 Å². The number of carbonyl (C=O) groups excluding carboxylic acids is 2. The van der Waals surface area contributed by atoms with Crippen molar-refractivity contribution in [2.75, 3.05) is 33.5 Å². The van der Waals surface area contributed by atoms with Gasteiger partial charge in [-0.2, -0.15) is 0 Å². The Balaban J connectivity index is 2.26. The van der Waals surface area contributed by atoms with Gasteiger partial charge >= 0.3 is 5.97 Å². The summed E-state index contributed by atoms with van der Waals surface area (Å²) in [5.41, 5.74) is 1.40. The number of ketones is 1. The fraction of sp³-hybridized carbons (Fsp3) is 0.724. The van der Waals surface area contributed by atoms with Gasteiger partial charge in [0.15, 0.2) is 0 Å². The molecule has 1 aromatic carbocycles. The monoisotopic (exact) mass is 488 g/mol. The van der Waals surface area contributed by atoms with Crippen LogP contribution in [0, 0.1) is 11.8 Å². The highest BCUT2D eigenvalue weighted by Crippen LogP contribution is 2.49. The first-order chi connectivity index (χ1) is 16.4. The largest absolute Gasteiger partial charge is 0.466 e. The Bertz CT molecular complexity index is 901. The number of carbonyl (C=O) groups is 2. The Hall–Kier alpha value is -1.76. The summed E-state index contributed by atoms with van der Waals surface area (Å²) >= 11 is 0. The first-order valence-corrected chi connectivity index (χ1v) is 13.0. The molecule has 1 heterocycles. The Morgan fingerprint density at radius 2 is 1.83 bits per heavy atom. The number of hydrogen-bond donors (Lipinski definition) is 1. The molecule has 4 unspecified atom stereocenters. The van der Waals surface area contributed by atoms with Crippen LogP contribution in [0.3, 0.4) is 0 Å². The lowest BCUT2D eigenvalue weighted by molar-refractivity contribution is -0.167. The van der Waals surface area contributed by atoms with Crippen LogP contribution in [-0.2, 0) is 34.6 Å². The zero-order valence-electron chi connectivity index (χ0n) is 22.6. The average molecular weight is 489 g/mol. The molecule has 1 N–H and O–H groups in total. The molecule has 1 aliphatic heterocycles. The molecule has 1 saturated heterocycles. The van der Waals surface area contributed by atoms with Crippen molar-refractivity contribution in [1.29, 1.82) is 0 Å². The zero-order chi connectivity index (χ0) is 26.0. The van der Waals surface area contributed by atoms with Crippen molar-refractivity contribution in [2.24, 2.45) is 11.8 Å². The second-order valence-corrected chi connectivity index (χ2v) is 11.7. The second kappa shape index (κ2) is 10.7. The van der Waals surface area contributed by atoms with E-state index in [9.17, 15) is 14.7 Å². The summed E-state index contributed by atoms with van der Waals surface area (Å²) < 4.78 is 16.9. The van der Waals surface area contributed by atoms with Gasteiger partial charge in [0.1, 0.15) is 5.78 Å². The summed E-state index contributed by atoms with van der Waals surface area (Å²) in [6.45, 7) is 14.0.